The normalized spacial score (nSPS) is 24.8. The quantitative estimate of drug-likeness (QED) is 0.196. The van der Waals surface area contributed by atoms with E-state index in [0.29, 0.717) is 11.1 Å². The van der Waals surface area contributed by atoms with E-state index in [1.807, 2.05) is 0 Å². The van der Waals surface area contributed by atoms with Crippen LogP contribution in [0.3, 0.4) is 0 Å². The number of benzene rings is 4. The summed E-state index contributed by atoms with van der Waals surface area (Å²) in [5.41, 5.74) is -3.02. The molecule has 4 atom stereocenters. The molecule has 10 nitrogen and oxygen atoms in total. The Kier molecular flexibility index (Phi) is 6.22. The molecule has 0 bridgehead atoms. The topological polar surface area (TPSA) is 190 Å². The Labute approximate surface area is 250 Å². The second-order valence-electron chi connectivity index (χ2n) is 12.5. The first-order valence-corrected chi connectivity index (χ1v) is 14.0. The Morgan fingerprint density at radius 1 is 0.659 bits per heavy atom. The molecule has 44 heavy (non-hydrogen) atoms. The lowest BCUT2D eigenvalue weighted by Gasteiger charge is -2.37. The molecular weight excluding hydrogens is 568 g/mol. The summed E-state index contributed by atoms with van der Waals surface area (Å²) >= 11 is 0. The van der Waals surface area contributed by atoms with E-state index in [4.69, 9.17) is 0 Å². The predicted molar refractivity (Wildman–Crippen MR) is 160 cm³/mol. The Balaban J connectivity index is 1.75. The van der Waals surface area contributed by atoms with Crippen molar-refractivity contribution >= 4 is 44.7 Å². The molecule has 0 amide bonds. The van der Waals surface area contributed by atoms with Crippen molar-refractivity contribution in [1.82, 2.24) is 0 Å². The molecule has 0 spiro atoms. The summed E-state index contributed by atoms with van der Waals surface area (Å²) in [6.45, 7) is 5.27. The Bertz CT molecular complexity index is 1870. The Morgan fingerprint density at radius 3 is 1.32 bits per heavy atom. The molecule has 0 aliphatic heterocycles. The largest absolute Gasteiger partial charge is 0.507 e. The maximum absolute atomic E-state index is 13.1. The number of hydrogen-bond acceptors (Lipinski definition) is 10. The van der Waals surface area contributed by atoms with Gasteiger partial charge in [-0.05, 0) is 85.0 Å². The zero-order valence-corrected chi connectivity index (χ0v) is 24.3. The van der Waals surface area contributed by atoms with Crippen molar-refractivity contribution < 1.29 is 49.8 Å². The number of phenols is 4. The molecule has 0 saturated carbocycles. The monoisotopic (exact) mass is 598 g/mol. The van der Waals surface area contributed by atoms with Gasteiger partial charge in [-0.3, -0.25) is 19.2 Å². The van der Waals surface area contributed by atoms with Crippen molar-refractivity contribution in [3.63, 3.8) is 0 Å². The third-order valence-corrected chi connectivity index (χ3v) is 9.13. The van der Waals surface area contributed by atoms with Crippen LogP contribution in [0.4, 0.5) is 0 Å². The molecule has 2 aliphatic rings. The number of fused-ring (bicyclic) bond motifs is 4. The van der Waals surface area contributed by atoms with Crippen LogP contribution in [-0.2, 0) is 9.59 Å². The number of ketones is 4. The average molecular weight is 599 g/mol. The molecule has 6 N–H and O–H groups in total. The van der Waals surface area contributed by atoms with Crippen LogP contribution < -0.4 is 0 Å². The van der Waals surface area contributed by atoms with E-state index in [-0.39, 0.29) is 55.3 Å². The summed E-state index contributed by atoms with van der Waals surface area (Å²) in [5.74, 6) is -6.29. The molecule has 0 saturated heterocycles. The molecule has 0 fully saturated rings. The van der Waals surface area contributed by atoms with Crippen molar-refractivity contribution in [3.8, 4) is 34.1 Å². The molecule has 0 radical (unpaired) electrons. The van der Waals surface area contributed by atoms with E-state index >= 15 is 0 Å². The van der Waals surface area contributed by atoms with Crippen molar-refractivity contribution in [2.45, 2.75) is 63.6 Å². The van der Waals surface area contributed by atoms with Gasteiger partial charge in [-0.25, -0.2) is 0 Å². The van der Waals surface area contributed by atoms with Crippen molar-refractivity contribution in [2.75, 3.05) is 0 Å². The minimum Gasteiger partial charge on any atom is -0.507 e. The molecule has 2 aliphatic carbocycles. The van der Waals surface area contributed by atoms with Crippen LogP contribution in [0, 0.1) is 0 Å². The molecule has 0 aromatic heterocycles. The highest BCUT2D eigenvalue weighted by atomic mass is 16.3. The van der Waals surface area contributed by atoms with Crippen LogP contribution in [0.5, 0.6) is 23.0 Å². The lowest BCUT2D eigenvalue weighted by atomic mass is 9.69. The lowest BCUT2D eigenvalue weighted by molar-refractivity contribution is -0.125. The van der Waals surface area contributed by atoms with Crippen LogP contribution >= 0.6 is 0 Å². The van der Waals surface area contributed by atoms with Crippen LogP contribution in [0.1, 0.15) is 84.2 Å². The van der Waals surface area contributed by atoms with Gasteiger partial charge >= 0.3 is 0 Å². The Morgan fingerprint density at radius 2 is 1.00 bits per heavy atom. The minimum atomic E-state index is -1.74. The summed E-state index contributed by atoms with van der Waals surface area (Å²) in [5, 5.41) is 66.8. The first-order valence-electron chi connectivity index (χ1n) is 14.0. The summed E-state index contributed by atoms with van der Waals surface area (Å²) in [6.07, 6.45) is -0.840. The minimum absolute atomic E-state index is 0.0807. The van der Waals surface area contributed by atoms with Crippen molar-refractivity contribution in [1.29, 1.82) is 0 Å². The van der Waals surface area contributed by atoms with Crippen molar-refractivity contribution in [2.24, 2.45) is 0 Å². The first-order chi connectivity index (χ1) is 20.5. The van der Waals surface area contributed by atoms with Crippen LogP contribution in [-0.4, -0.2) is 65.0 Å². The third kappa shape index (κ3) is 3.94. The number of phenolic OH excluding ortho intramolecular Hbond substituents is 4. The highest BCUT2D eigenvalue weighted by Crippen LogP contribution is 2.52. The maximum atomic E-state index is 13.1. The standard InChI is InChI=1S/C34H30O10/c1-13(35)29-19-9-17-15(5-7-21(37)25(17)31(41)27(19)23(39)11-33(29,3)43)16-6-8-22(38)26-18(16)10-20-28(32(26)42)24(40)12-34(4,44)30(20)14(2)36/h5-10,29-30,37-38,41-44H,11-12H2,1-4H3/t29-,30-,33-,34-/m0/s1. The van der Waals surface area contributed by atoms with Gasteiger partial charge in [0.05, 0.1) is 44.9 Å². The second-order valence-corrected chi connectivity index (χ2v) is 12.5. The maximum Gasteiger partial charge on any atom is 0.169 e. The molecular formula is C34H30O10. The smallest absolute Gasteiger partial charge is 0.169 e. The van der Waals surface area contributed by atoms with E-state index in [0.717, 1.165) is 0 Å². The SMILES string of the molecule is CC(=O)[C@H]1c2cc3c(-c4ccc(O)c5c(O)c6c(cc45)[C@H](C(C)=O)[C@@](C)(O)CC6=O)ccc(O)c3c(O)c2C(=O)C[C@]1(C)O. The van der Waals surface area contributed by atoms with E-state index in [1.54, 1.807) is 0 Å². The second kappa shape index (κ2) is 9.35. The molecule has 10 heteroatoms. The number of rotatable bonds is 3. The predicted octanol–water partition coefficient (Wildman–Crippen LogP) is 4.50. The van der Waals surface area contributed by atoms with E-state index in [9.17, 15) is 49.8 Å². The number of aliphatic hydroxyl groups is 2. The van der Waals surface area contributed by atoms with Crippen LogP contribution in [0.2, 0.25) is 0 Å². The van der Waals surface area contributed by atoms with Gasteiger partial charge in [0.15, 0.2) is 11.6 Å². The highest BCUT2D eigenvalue weighted by Gasteiger charge is 2.47. The molecule has 6 rings (SSSR count). The summed E-state index contributed by atoms with van der Waals surface area (Å²) in [4.78, 5) is 51.8. The van der Waals surface area contributed by atoms with E-state index in [2.05, 4.69) is 0 Å². The summed E-state index contributed by atoms with van der Waals surface area (Å²) < 4.78 is 0. The molecule has 4 aromatic carbocycles. The zero-order chi connectivity index (χ0) is 32.2. The molecule has 0 unspecified atom stereocenters. The fraction of sp³-hybridized carbons (Fsp3) is 0.294. The zero-order valence-electron chi connectivity index (χ0n) is 24.3. The summed E-state index contributed by atoms with van der Waals surface area (Å²) in [6, 6.07) is 8.50. The van der Waals surface area contributed by atoms with E-state index < -0.39 is 70.5 Å². The first kappa shape index (κ1) is 29.3. The van der Waals surface area contributed by atoms with Crippen molar-refractivity contribution in [3.05, 3.63) is 58.7 Å². The van der Waals surface area contributed by atoms with Gasteiger partial charge in [0.1, 0.15) is 34.6 Å². The fourth-order valence-electron chi connectivity index (χ4n) is 7.52. The van der Waals surface area contributed by atoms with Gasteiger partial charge in [0, 0.05) is 12.8 Å². The van der Waals surface area contributed by atoms with Crippen LogP contribution in [0.25, 0.3) is 32.7 Å². The van der Waals surface area contributed by atoms with Gasteiger partial charge in [-0.1, -0.05) is 12.1 Å². The van der Waals surface area contributed by atoms with Gasteiger partial charge in [-0.2, -0.15) is 0 Å². The van der Waals surface area contributed by atoms with Gasteiger partial charge in [0.2, 0.25) is 0 Å². The molecule has 0 heterocycles. The van der Waals surface area contributed by atoms with Crippen LogP contribution in [0.15, 0.2) is 36.4 Å². The number of aromatic hydroxyl groups is 4. The average Bonchev–Trinajstić information content (AvgIpc) is 2.87. The lowest BCUT2D eigenvalue weighted by Crippen LogP contribution is -2.43. The third-order valence-electron chi connectivity index (χ3n) is 9.13. The number of hydrogen-bond donors (Lipinski definition) is 6. The van der Waals surface area contributed by atoms with E-state index in [1.165, 1.54) is 64.1 Å². The van der Waals surface area contributed by atoms with Gasteiger partial charge in [-0.15, -0.1) is 0 Å². The number of Topliss-reactive ketones (excluding diaryl/α,β-unsaturated/α-hetero) is 4. The molecule has 4 aromatic rings. The Hall–Kier alpha value is -4.80. The number of carbonyl (C=O) groups is 4. The summed E-state index contributed by atoms with van der Waals surface area (Å²) in [7, 11) is 0. The van der Waals surface area contributed by atoms with Gasteiger partial charge in [0.25, 0.3) is 0 Å². The number of carbonyl (C=O) groups excluding carboxylic acids is 4. The van der Waals surface area contributed by atoms with Gasteiger partial charge < -0.3 is 30.6 Å². The highest BCUT2D eigenvalue weighted by molar-refractivity contribution is 6.18. The molecule has 226 valence electrons. The fourth-order valence-corrected chi connectivity index (χ4v) is 7.52.